The molecular formula is C16H20ClN3O. The largest absolute Gasteiger partial charge is 0.485 e. The van der Waals surface area contributed by atoms with Crippen LogP contribution in [0.25, 0.3) is 0 Å². The first kappa shape index (κ1) is 15.6. The van der Waals surface area contributed by atoms with E-state index in [0.717, 1.165) is 40.0 Å². The minimum atomic E-state index is 0.337. The lowest BCUT2D eigenvalue weighted by molar-refractivity contribution is 0.291. The van der Waals surface area contributed by atoms with E-state index in [1.54, 1.807) is 0 Å². The van der Waals surface area contributed by atoms with Gasteiger partial charge in [-0.25, -0.2) is 9.97 Å². The van der Waals surface area contributed by atoms with E-state index in [-0.39, 0.29) is 0 Å². The summed E-state index contributed by atoms with van der Waals surface area (Å²) in [6.45, 7) is 9.11. The molecule has 0 spiro atoms. The van der Waals surface area contributed by atoms with E-state index < -0.39 is 0 Å². The Bertz CT molecular complexity index is 620. The van der Waals surface area contributed by atoms with Crippen molar-refractivity contribution in [3.63, 3.8) is 0 Å². The maximum Gasteiger partial charge on any atom is 0.168 e. The Hall–Kier alpha value is -1.81. The number of rotatable bonds is 5. The summed E-state index contributed by atoms with van der Waals surface area (Å²) < 4.78 is 5.89. The Labute approximate surface area is 130 Å². The summed E-state index contributed by atoms with van der Waals surface area (Å²) in [7, 11) is 0. The second kappa shape index (κ2) is 6.76. The van der Waals surface area contributed by atoms with Crippen molar-refractivity contribution in [2.75, 3.05) is 11.9 Å². The molecule has 0 saturated carbocycles. The van der Waals surface area contributed by atoms with Crippen molar-refractivity contribution in [2.24, 2.45) is 0 Å². The number of halogens is 1. The van der Waals surface area contributed by atoms with Crippen LogP contribution in [0.5, 0.6) is 5.75 Å². The van der Waals surface area contributed by atoms with Gasteiger partial charge < -0.3 is 10.1 Å². The number of ether oxygens (including phenoxy) is 1. The molecule has 0 unspecified atom stereocenters. The van der Waals surface area contributed by atoms with Gasteiger partial charge in [-0.15, -0.1) is 0 Å². The average Bonchev–Trinajstić information content (AvgIpc) is 2.37. The van der Waals surface area contributed by atoms with Crippen molar-refractivity contribution in [1.82, 2.24) is 9.97 Å². The molecule has 0 bridgehead atoms. The zero-order chi connectivity index (χ0) is 15.4. The highest BCUT2D eigenvalue weighted by molar-refractivity contribution is 6.30. The zero-order valence-electron chi connectivity index (χ0n) is 12.8. The van der Waals surface area contributed by atoms with Gasteiger partial charge in [0, 0.05) is 23.3 Å². The van der Waals surface area contributed by atoms with E-state index in [2.05, 4.69) is 15.3 Å². The van der Waals surface area contributed by atoms with Crippen LogP contribution in [0.2, 0.25) is 5.02 Å². The molecule has 2 aromatic rings. The van der Waals surface area contributed by atoms with Gasteiger partial charge in [0.15, 0.2) is 5.82 Å². The van der Waals surface area contributed by atoms with E-state index in [1.165, 1.54) is 0 Å². The summed E-state index contributed by atoms with van der Waals surface area (Å²) in [5, 5.41) is 3.91. The fourth-order valence-electron chi connectivity index (χ4n) is 2.23. The van der Waals surface area contributed by atoms with Gasteiger partial charge >= 0.3 is 0 Å². The molecule has 0 amide bonds. The lowest BCUT2D eigenvalue weighted by Gasteiger charge is -2.13. The first-order valence-electron chi connectivity index (χ1n) is 6.97. The van der Waals surface area contributed by atoms with Crippen LogP contribution >= 0.6 is 11.6 Å². The fourth-order valence-corrected chi connectivity index (χ4v) is 2.56. The van der Waals surface area contributed by atoms with Crippen LogP contribution < -0.4 is 10.1 Å². The van der Waals surface area contributed by atoms with Crippen molar-refractivity contribution in [2.45, 2.75) is 34.3 Å². The standard InChI is InChI=1S/C16H20ClN3O/c1-5-18-14-8-12(4)19-15(20-14)9-21-16-10(2)6-13(17)7-11(16)3/h6-8H,5,9H2,1-4H3,(H,18,19,20). The summed E-state index contributed by atoms with van der Waals surface area (Å²) in [6, 6.07) is 5.71. The van der Waals surface area contributed by atoms with Crippen LogP contribution in [-0.4, -0.2) is 16.5 Å². The SMILES string of the molecule is CCNc1cc(C)nc(COc2c(C)cc(Cl)cc2C)n1. The second-order valence-electron chi connectivity index (χ2n) is 5.00. The van der Waals surface area contributed by atoms with E-state index in [0.29, 0.717) is 12.4 Å². The normalized spacial score (nSPS) is 10.5. The number of hydrogen-bond acceptors (Lipinski definition) is 4. The molecule has 0 fully saturated rings. The molecule has 0 aliphatic carbocycles. The van der Waals surface area contributed by atoms with Crippen LogP contribution in [0, 0.1) is 20.8 Å². The third-order valence-corrected chi connectivity index (χ3v) is 3.25. The summed E-state index contributed by atoms with van der Waals surface area (Å²) in [6.07, 6.45) is 0. The van der Waals surface area contributed by atoms with Crippen LogP contribution in [-0.2, 0) is 6.61 Å². The highest BCUT2D eigenvalue weighted by atomic mass is 35.5. The minimum Gasteiger partial charge on any atom is -0.485 e. The molecule has 0 radical (unpaired) electrons. The molecule has 1 aromatic carbocycles. The smallest absolute Gasteiger partial charge is 0.168 e. The van der Waals surface area contributed by atoms with Crippen LogP contribution in [0.15, 0.2) is 18.2 Å². The molecule has 1 heterocycles. The highest BCUT2D eigenvalue weighted by Crippen LogP contribution is 2.27. The van der Waals surface area contributed by atoms with Crippen LogP contribution in [0.4, 0.5) is 5.82 Å². The van der Waals surface area contributed by atoms with Gasteiger partial charge in [0.25, 0.3) is 0 Å². The Morgan fingerprint density at radius 3 is 2.38 bits per heavy atom. The Morgan fingerprint density at radius 2 is 1.76 bits per heavy atom. The number of benzene rings is 1. The van der Waals surface area contributed by atoms with Gasteiger partial charge in [-0.2, -0.15) is 0 Å². The van der Waals surface area contributed by atoms with Gasteiger partial charge in [0.05, 0.1) is 0 Å². The number of nitrogens with zero attached hydrogens (tertiary/aromatic N) is 2. The van der Waals surface area contributed by atoms with Gasteiger partial charge in [0.1, 0.15) is 18.2 Å². The third-order valence-electron chi connectivity index (χ3n) is 3.03. The molecule has 1 N–H and O–H groups in total. The molecule has 2 rings (SSSR count). The molecule has 0 aliphatic rings. The summed E-state index contributed by atoms with van der Waals surface area (Å²) >= 11 is 6.03. The van der Waals surface area contributed by atoms with Crippen molar-refractivity contribution >= 4 is 17.4 Å². The van der Waals surface area contributed by atoms with Crippen molar-refractivity contribution < 1.29 is 4.74 Å². The lowest BCUT2D eigenvalue weighted by Crippen LogP contribution is -2.08. The van der Waals surface area contributed by atoms with Gasteiger partial charge in [-0.3, -0.25) is 0 Å². The van der Waals surface area contributed by atoms with Crippen LogP contribution in [0.3, 0.4) is 0 Å². The number of aromatic nitrogens is 2. The van der Waals surface area contributed by atoms with Gasteiger partial charge in [0.2, 0.25) is 0 Å². The molecule has 5 heteroatoms. The highest BCUT2D eigenvalue weighted by Gasteiger charge is 2.08. The summed E-state index contributed by atoms with van der Waals surface area (Å²) in [4.78, 5) is 8.85. The fraction of sp³-hybridized carbons (Fsp3) is 0.375. The topological polar surface area (TPSA) is 47.0 Å². The predicted octanol–water partition coefficient (Wildman–Crippen LogP) is 4.07. The monoisotopic (exact) mass is 305 g/mol. The van der Waals surface area contributed by atoms with Gasteiger partial charge in [-0.1, -0.05) is 11.6 Å². The molecule has 0 atom stereocenters. The Balaban J connectivity index is 2.17. The Morgan fingerprint density at radius 1 is 1.10 bits per heavy atom. The summed E-state index contributed by atoms with van der Waals surface area (Å²) in [5.74, 6) is 2.34. The summed E-state index contributed by atoms with van der Waals surface area (Å²) in [5.41, 5.74) is 2.95. The van der Waals surface area contributed by atoms with Gasteiger partial charge in [-0.05, 0) is 51.0 Å². The minimum absolute atomic E-state index is 0.337. The van der Waals surface area contributed by atoms with Crippen LogP contribution in [0.1, 0.15) is 29.6 Å². The first-order valence-corrected chi connectivity index (χ1v) is 7.35. The zero-order valence-corrected chi connectivity index (χ0v) is 13.6. The second-order valence-corrected chi connectivity index (χ2v) is 5.43. The maximum atomic E-state index is 6.03. The maximum absolute atomic E-state index is 6.03. The number of aryl methyl sites for hydroxylation is 3. The average molecular weight is 306 g/mol. The van der Waals surface area contributed by atoms with Crippen molar-refractivity contribution in [3.8, 4) is 5.75 Å². The Kier molecular flexibility index (Phi) is 5.02. The number of nitrogens with one attached hydrogen (secondary N) is 1. The van der Waals surface area contributed by atoms with E-state index in [9.17, 15) is 0 Å². The third kappa shape index (κ3) is 4.08. The first-order chi connectivity index (χ1) is 9.99. The molecule has 4 nitrogen and oxygen atoms in total. The number of hydrogen-bond donors (Lipinski definition) is 1. The molecule has 0 saturated heterocycles. The predicted molar refractivity (Wildman–Crippen MR) is 86.2 cm³/mol. The quantitative estimate of drug-likeness (QED) is 0.904. The molecule has 1 aromatic heterocycles. The number of anilines is 1. The molecule has 112 valence electrons. The van der Waals surface area contributed by atoms with Crippen molar-refractivity contribution in [1.29, 1.82) is 0 Å². The van der Waals surface area contributed by atoms with Crippen molar-refractivity contribution in [3.05, 3.63) is 45.9 Å². The van der Waals surface area contributed by atoms with E-state index in [1.807, 2.05) is 45.9 Å². The van der Waals surface area contributed by atoms with E-state index in [4.69, 9.17) is 16.3 Å². The lowest BCUT2D eigenvalue weighted by atomic mass is 10.1. The molecular weight excluding hydrogens is 286 g/mol. The molecule has 0 aliphatic heterocycles. The van der Waals surface area contributed by atoms with E-state index >= 15 is 0 Å². The molecule has 21 heavy (non-hydrogen) atoms.